The molecule has 0 aliphatic rings. The number of aromatic nitrogens is 1. The largest absolute Gasteiger partial charge is 0.352 e. The molecule has 2 rings (SSSR count). The molecule has 0 aliphatic heterocycles. The molecule has 1 heterocycles. The van der Waals surface area contributed by atoms with Crippen LogP contribution in [0.15, 0.2) is 48.8 Å². The van der Waals surface area contributed by atoms with Gasteiger partial charge in [-0.2, -0.15) is 0 Å². The third kappa shape index (κ3) is 7.33. The monoisotopic (exact) mass is 375 g/mol. The van der Waals surface area contributed by atoms with E-state index in [9.17, 15) is 13.2 Å². The van der Waals surface area contributed by atoms with Gasteiger partial charge in [0.25, 0.3) is 0 Å². The van der Waals surface area contributed by atoms with Crippen molar-refractivity contribution in [2.45, 2.75) is 45.0 Å². The molecule has 2 aromatic rings. The van der Waals surface area contributed by atoms with Crippen molar-refractivity contribution in [3.05, 3.63) is 65.5 Å². The van der Waals surface area contributed by atoms with Gasteiger partial charge in [-0.25, -0.2) is 13.1 Å². The van der Waals surface area contributed by atoms with Crippen LogP contribution in [0.3, 0.4) is 0 Å². The zero-order valence-electron chi connectivity index (χ0n) is 15.1. The highest BCUT2D eigenvalue weighted by molar-refractivity contribution is 7.88. The van der Waals surface area contributed by atoms with Crippen LogP contribution >= 0.6 is 0 Å². The number of amides is 1. The fourth-order valence-electron chi connectivity index (χ4n) is 2.47. The van der Waals surface area contributed by atoms with E-state index in [1.54, 1.807) is 38.4 Å². The summed E-state index contributed by atoms with van der Waals surface area (Å²) in [7, 11) is -3.33. The van der Waals surface area contributed by atoms with Crippen molar-refractivity contribution < 1.29 is 13.2 Å². The number of benzene rings is 1. The Hall–Kier alpha value is -2.25. The summed E-state index contributed by atoms with van der Waals surface area (Å²) in [6.45, 7) is 4.00. The summed E-state index contributed by atoms with van der Waals surface area (Å²) in [5.41, 5.74) is 2.67. The molecule has 2 N–H and O–H groups in total. The fourth-order valence-corrected chi connectivity index (χ4v) is 3.90. The Morgan fingerprint density at radius 3 is 2.38 bits per heavy atom. The van der Waals surface area contributed by atoms with Gasteiger partial charge in [-0.05, 0) is 43.0 Å². The molecule has 1 aromatic heterocycles. The minimum Gasteiger partial charge on any atom is -0.352 e. The van der Waals surface area contributed by atoms with Gasteiger partial charge >= 0.3 is 0 Å². The molecule has 0 unspecified atom stereocenters. The van der Waals surface area contributed by atoms with E-state index < -0.39 is 10.0 Å². The summed E-state index contributed by atoms with van der Waals surface area (Å²) in [5.74, 6) is -0.0789. The van der Waals surface area contributed by atoms with Gasteiger partial charge in [0.2, 0.25) is 15.9 Å². The smallest absolute Gasteiger partial charge is 0.220 e. The highest BCUT2D eigenvalue weighted by Gasteiger charge is 2.12. The first kappa shape index (κ1) is 20.1. The summed E-state index contributed by atoms with van der Waals surface area (Å²) in [5, 5.41) is 2.87. The van der Waals surface area contributed by atoms with Crippen LogP contribution in [0.25, 0.3) is 0 Å². The first-order chi connectivity index (χ1) is 12.3. The lowest BCUT2D eigenvalue weighted by Crippen LogP contribution is -2.31. The highest BCUT2D eigenvalue weighted by Crippen LogP contribution is 2.09. The first-order valence-corrected chi connectivity index (χ1v) is 10.2. The van der Waals surface area contributed by atoms with E-state index in [1.165, 1.54) is 0 Å². The lowest BCUT2D eigenvalue weighted by Gasteiger charge is -2.10. The van der Waals surface area contributed by atoms with E-state index in [2.05, 4.69) is 15.0 Å². The molecule has 0 atom stereocenters. The van der Waals surface area contributed by atoms with E-state index in [0.29, 0.717) is 24.9 Å². The van der Waals surface area contributed by atoms with E-state index in [1.807, 2.05) is 24.3 Å². The van der Waals surface area contributed by atoms with Gasteiger partial charge < -0.3 is 5.32 Å². The molecule has 1 amide bonds. The standard InChI is InChI=1S/C19H25N3O3S/c1-15(2)22-26(24,25)14-18-7-5-17(6-8-18)13-21-19(23)10-9-16-4-3-11-20-12-16/h3-8,11-12,15,22H,9-10,13-14H2,1-2H3,(H,21,23). The first-order valence-electron chi connectivity index (χ1n) is 8.57. The molecule has 0 saturated heterocycles. The number of nitrogens with zero attached hydrogens (tertiary/aromatic N) is 1. The molecular formula is C19H25N3O3S. The van der Waals surface area contributed by atoms with Crippen LogP contribution in [0.2, 0.25) is 0 Å². The zero-order valence-corrected chi connectivity index (χ0v) is 15.9. The zero-order chi connectivity index (χ0) is 19.0. The second kappa shape index (κ2) is 9.45. The Morgan fingerprint density at radius 2 is 1.77 bits per heavy atom. The van der Waals surface area contributed by atoms with Gasteiger partial charge in [-0.3, -0.25) is 9.78 Å². The molecule has 0 bridgehead atoms. The van der Waals surface area contributed by atoms with Crippen molar-refractivity contribution in [2.24, 2.45) is 0 Å². The van der Waals surface area contributed by atoms with E-state index in [-0.39, 0.29) is 17.7 Å². The summed E-state index contributed by atoms with van der Waals surface area (Å²) >= 11 is 0. The van der Waals surface area contributed by atoms with Gasteiger partial charge in [-0.15, -0.1) is 0 Å². The third-order valence-electron chi connectivity index (χ3n) is 3.65. The van der Waals surface area contributed by atoms with Crippen molar-refractivity contribution in [1.29, 1.82) is 0 Å². The molecule has 7 heteroatoms. The molecule has 0 radical (unpaired) electrons. The van der Waals surface area contributed by atoms with E-state index >= 15 is 0 Å². The van der Waals surface area contributed by atoms with Crippen LogP contribution < -0.4 is 10.0 Å². The third-order valence-corrected chi connectivity index (χ3v) is 5.19. The number of rotatable bonds is 9. The predicted octanol–water partition coefficient (Wildman–Crippen LogP) is 2.16. The minimum absolute atomic E-state index is 0.0263. The van der Waals surface area contributed by atoms with Crippen molar-refractivity contribution >= 4 is 15.9 Å². The molecular weight excluding hydrogens is 350 g/mol. The second-order valence-electron chi connectivity index (χ2n) is 6.49. The average molecular weight is 375 g/mol. The Bertz CT molecular complexity index is 804. The SMILES string of the molecule is CC(C)NS(=O)(=O)Cc1ccc(CNC(=O)CCc2cccnc2)cc1. The van der Waals surface area contributed by atoms with Gasteiger partial charge in [0.15, 0.2) is 0 Å². The molecule has 0 spiro atoms. The van der Waals surface area contributed by atoms with Crippen molar-refractivity contribution in [3.8, 4) is 0 Å². The van der Waals surface area contributed by atoms with Crippen LogP contribution in [0, 0.1) is 0 Å². The topological polar surface area (TPSA) is 88.2 Å². The number of carbonyl (C=O) groups excluding carboxylic acids is 1. The van der Waals surface area contributed by atoms with Gasteiger partial charge in [0, 0.05) is 31.4 Å². The lowest BCUT2D eigenvalue weighted by molar-refractivity contribution is -0.121. The lowest BCUT2D eigenvalue weighted by atomic mass is 10.1. The molecule has 0 fully saturated rings. The minimum atomic E-state index is -3.33. The van der Waals surface area contributed by atoms with Gasteiger partial charge in [-0.1, -0.05) is 30.3 Å². The Balaban J connectivity index is 1.79. The predicted molar refractivity (Wildman–Crippen MR) is 102 cm³/mol. The normalized spacial score (nSPS) is 11.5. The second-order valence-corrected chi connectivity index (χ2v) is 8.24. The molecule has 0 aliphatic carbocycles. The Kier molecular flexibility index (Phi) is 7.29. The average Bonchev–Trinajstić information content (AvgIpc) is 2.59. The fraction of sp³-hybridized carbons (Fsp3) is 0.368. The molecule has 0 saturated carbocycles. The Labute approximate surface area is 155 Å². The number of pyridine rings is 1. The maximum atomic E-state index is 11.9. The molecule has 1 aromatic carbocycles. The summed E-state index contributed by atoms with van der Waals surface area (Å²) in [6.07, 6.45) is 4.52. The quantitative estimate of drug-likeness (QED) is 0.703. The van der Waals surface area contributed by atoms with Crippen LogP contribution in [-0.4, -0.2) is 25.4 Å². The summed E-state index contributed by atoms with van der Waals surface area (Å²) in [4.78, 5) is 16.0. The summed E-state index contributed by atoms with van der Waals surface area (Å²) < 4.78 is 26.4. The number of aryl methyl sites for hydroxylation is 1. The number of carbonyl (C=O) groups is 1. The van der Waals surface area contributed by atoms with Gasteiger partial charge in [0.1, 0.15) is 0 Å². The Morgan fingerprint density at radius 1 is 1.08 bits per heavy atom. The maximum Gasteiger partial charge on any atom is 0.220 e. The van der Waals surface area contributed by atoms with Crippen LogP contribution in [0.1, 0.15) is 37.0 Å². The number of hydrogen-bond acceptors (Lipinski definition) is 4. The van der Waals surface area contributed by atoms with Crippen molar-refractivity contribution in [3.63, 3.8) is 0 Å². The van der Waals surface area contributed by atoms with Crippen LogP contribution in [-0.2, 0) is 33.5 Å². The highest BCUT2D eigenvalue weighted by atomic mass is 32.2. The van der Waals surface area contributed by atoms with E-state index in [0.717, 1.165) is 11.1 Å². The van der Waals surface area contributed by atoms with Crippen molar-refractivity contribution in [1.82, 2.24) is 15.0 Å². The number of hydrogen-bond donors (Lipinski definition) is 2. The summed E-state index contributed by atoms with van der Waals surface area (Å²) in [6, 6.07) is 10.9. The van der Waals surface area contributed by atoms with Crippen molar-refractivity contribution in [2.75, 3.05) is 0 Å². The number of sulfonamides is 1. The molecule has 26 heavy (non-hydrogen) atoms. The molecule has 140 valence electrons. The number of nitrogens with one attached hydrogen (secondary N) is 2. The van der Waals surface area contributed by atoms with Crippen LogP contribution in [0.5, 0.6) is 0 Å². The maximum absolute atomic E-state index is 11.9. The van der Waals surface area contributed by atoms with Crippen LogP contribution in [0.4, 0.5) is 0 Å². The van der Waals surface area contributed by atoms with E-state index in [4.69, 9.17) is 0 Å². The van der Waals surface area contributed by atoms with Gasteiger partial charge in [0.05, 0.1) is 5.75 Å². The molecule has 6 nitrogen and oxygen atoms in total.